The standard InChI is InChI=1S/C16H21N3O4/c1-3-23-14-7-5-4-6-13(14)17-15(21)16(22)19-10-8-18(9-11-19)12(2)20/h4-7H,3,8-11H2,1-2H3,(H,17,21). The van der Waals surface area contributed by atoms with E-state index in [0.717, 1.165) is 0 Å². The number of hydrogen-bond acceptors (Lipinski definition) is 4. The van der Waals surface area contributed by atoms with E-state index in [1.807, 2.05) is 6.92 Å². The predicted octanol–water partition coefficient (Wildman–Crippen LogP) is 0.714. The van der Waals surface area contributed by atoms with Crippen molar-refractivity contribution in [2.75, 3.05) is 38.1 Å². The lowest BCUT2D eigenvalue weighted by Gasteiger charge is -2.33. The lowest BCUT2D eigenvalue weighted by Crippen LogP contribution is -2.52. The zero-order valence-corrected chi connectivity index (χ0v) is 13.4. The van der Waals surface area contributed by atoms with Crippen LogP contribution in [0.25, 0.3) is 0 Å². The van der Waals surface area contributed by atoms with Gasteiger partial charge >= 0.3 is 11.8 Å². The SMILES string of the molecule is CCOc1ccccc1NC(=O)C(=O)N1CCN(C(C)=O)CC1. The van der Waals surface area contributed by atoms with Crippen LogP contribution in [0, 0.1) is 0 Å². The highest BCUT2D eigenvalue weighted by Crippen LogP contribution is 2.23. The molecular weight excluding hydrogens is 298 g/mol. The Kier molecular flexibility index (Phi) is 5.56. The van der Waals surface area contributed by atoms with E-state index in [4.69, 9.17) is 4.74 Å². The Labute approximate surface area is 135 Å². The average molecular weight is 319 g/mol. The maximum Gasteiger partial charge on any atom is 0.314 e. The van der Waals surface area contributed by atoms with Crippen molar-refractivity contribution in [1.29, 1.82) is 0 Å². The third-order valence-electron chi connectivity index (χ3n) is 3.64. The van der Waals surface area contributed by atoms with E-state index in [2.05, 4.69) is 5.32 Å². The number of anilines is 1. The molecule has 1 aromatic carbocycles. The van der Waals surface area contributed by atoms with Crippen LogP contribution in [0.5, 0.6) is 5.75 Å². The highest BCUT2D eigenvalue weighted by Gasteiger charge is 2.27. The first-order valence-electron chi connectivity index (χ1n) is 7.60. The summed E-state index contributed by atoms with van der Waals surface area (Å²) < 4.78 is 5.42. The molecule has 0 aliphatic carbocycles. The van der Waals surface area contributed by atoms with Gasteiger partial charge in [-0.15, -0.1) is 0 Å². The van der Waals surface area contributed by atoms with E-state index in [0.29, 0.717) is 44.2 Å². The first-order valence-corrected chi connectivity index (χ1v) is 7.60. The van der Waals surface area contributed by atoms with E-state index in [9.17, 15) is 14.4 Å². The highest BCUT2D eigenvalue weighted by molar-refractivity contribution is 6.39. The second-order valence-electron chi connectivity index (χ2n) is 5.18. The number of amides is 3. The summed E-state index contributed by atoms with van der Waals surface area (Å²) in [6.45, 7) is 5.42. The predicted molar refractivity (Wildman–Crippen MR) is 85.1 cm³/mol. The molecule has 23 heavy (non-hydrogen) atoms. The molecular formula is C16H21N3O4. The number of nitrogens with zero attached hydrogens (tertiary/aromatic N) is 2. The fourth-order valence-electron chi connectivity index (χ4n) is 2.40. The number of ether oxygens (including phenoxy) is 1. The quantitative estimate of drug-likeness (QED) is 0.833. The summed E-state index contributed by atoms with van der Waals surface area (Å²) in [5.41, 5.74) is 0.468. The minimum atomic E-state index is -0.701. The zero-order valence-electron chi connectivity index (χ0n) is 13.4. The van der Waals surface area contributed by atoms with Crippen LogP contribution >= 0.6 is 0 Å². The van der Waals surface area contributed by atoms with E-state index in [1.54, 1.807) is 29.2 Å². The number of carbonyl (C=O) groups is 3. The number of benzene rings is 1. The molecule has 0 spiro atoms. The lowest BCUT2D eigenvalue weighted by molar-refractivity contribution is -0.145. The molecule has 0 saturated carbocycles. The van der Waals surface area contributed by atoms with Gasteiger partial charge in [-0.1, -0.05) is 12.1 Å². The van der Waals surface area contributed by atoms with Crippen LogP contribution in [0.1, 0.15) is 13.8 Å². The summed E-state index contributed by atoms with van der Waals surface area (Å²) in [5, 5.41) is 2.59. The Hall–Kier alpha value is -2.57. The molecule has 7 nitrogen and oxygen atoms in total. The summed E-state index contributed by atoms with van der Waals surface area (Å²) in [4.78, 5) is 38.8. The third-order valence-corrected chi connectivity index (χ3v) is 3.64. The average Bonchev–Trinajstić information content (AvgIpc) is 2.56. The Morgan fingerprint density at radius 2 is 1.70 bits per heavy atom. The number of piperazine rings is 1. The van der Waals surface area contributed by atoms with Gasteiger partial charge in [-0.05, 0) is 19.1 Å². The van der Waals surface area contributed by atoms with Crippen molar-refractivity contribution in [3.63, 3.8) is 0 Å². The van der Waals surface area contributed by atoms with Gasteiger partial charge in [0.15, 0.2) is 0 Å². The normalized spacial score (nSPS) is 14.3. The lowest BCUT2D eigenvalue weighted by atomic mass is 10.2. The third kappa shape index (κ3) is 4.21. The smallest absolute Gasteiger partial charge is 0.314 e. The molecule has 1 aliphatic heterocycles. The second-order valence-corrected chi connectivity index (χ2v) is 5.18. The summed E-state index contributed by atoms with van der Waals surface area (Å²) >= 11 is 0. The van der Waals surface area contributed by atoms with E-state index >= 15 is 0 Å². The number of rotatable bonds is 3. The van der Waals surface area contributed by atoms with Crippen molar-refractivity contribution < 1.29 is 19.1 Å². The Bertz CT molecular complexity index is 595. The van der Waals surface area contributed by atoms with Crippen LogP contribution in [0.3, 0.4) is 0 Å². The molecule has 1 saturated heterocycles. The van der Waals surface area contributed by atoms with Gasteiger partial charge < -0.3 is 19.9 Å². The van der Waals surface area contributed by atoms with Gasteiger partial charge in [-0.2, -0.15) is 0 Å². The highest BCUT2D eigenvalue weighted by atomic mass is 16.5. The Morgan fingerprint density at radius 1 is 1.09 bits per heavy atom. The number of para-hydroxylation sites is 2. The van der Waals surface area contributed by atoms with Crippen LogP contribution < -0.4 is 10.1 Å². The van der Waals surface area contributed by atoms with E-state index < -0.39 is 11.8 Å². The first kappa shape index (κ1) is 16.8. The number of hydrogen-bond donors (Lipinski definition) is 1. The van der Waals surface area contributed by atoms with Crippen LogP contribution in [0.4, 0.5) is 5.69 Å². The minimum Gasteiger partial charge on any atom is -0.492 e. The van der Waals surface area contributed by atoms with Crippen LogP contribution in [0.2, 0.25) is 0 Å². The van der Waals surface area contributed by atoms with Crippen molar-refractivity contribution in [3.8, 4) is 5.75 Å². The van der Waals surface area contributed by atoms with Crippen molar-refractivity contribution in [1.82, 2.24) is 9.80 Å². The largest absolute Gasteiger partial charge is 0.492 e. The van der Waals surface area contributed by atoms with E-state index in [1.165, 1.54) is 11.8 Å². The van der Waals surface area contributed by atoms with Crippen LogP contribution in [-0.4, -0.2) is 60.3 Å². The van der Waals surface area contributed by atoms with Gasteiger partial charge in [0, 0.05) is 33.1 Å². The summed E-state index contributed by atoms with van der Waals surface area (Å²) in [6, 6.07) is 6.97. The molecule has 1 aliphatic rings. The molecule has 124 valence electrons. The van der Waals surface area contributed by atoms with Crippen LogP contribution in [-0.2, 0) is 14.4 Å². The van der Waals surface area contributed by atoms with Gasteiger partial charge in [0.05, 0.1) is 12.3 Å². The number of carbonyl (C=O) groups excluding carboxylic acids is 3. The van der Waals surface area contributed by atoms with Crippen molar-refractivity contribution in [3.05, 3.63) is 24.3 Å². The maximum atomic E-state index is 12.2. The second kappa shape index (κ2) is 7.62. The molecule has 0 atom stereocenters. The maximum absolute atomic E-state index is 12.2. The molecule has 1 fully saturated rings. The number of nitrogens with one attached hydrogen (secondary N) is 1. The molecule has 0 radical (unpaired) electrons. The molecule has 7 heteroatoms. The van der Waals surface area contributed by atoms with Gasteiger partial charge in [0.25, 0.3) is 0 Å². The van der Waals surface area contributed by atoms with Crippen molar-refractivity contribution in [2.45, 2.75) is 13.8 Å². The fourth-order valence-corrected chi connectivity index (χ4v) is 2.40. The summed E-state index contributed by atoms with van der Waals surface area (Å²) in [5.74, 6) is -0.794. The summed E-state index contributed by atoms with van der Waals surface area (Å²) in [6.07, 6.45) is 0. The van der Waals surface area contributed by atoms with Crippen LogP contribution in [0.15, 0.2) is 24.3 Å². The molecule has 0 bridgehead atoms. The molecule has 0 unspecified atom stereocenters. The first-order chi connectivity index (χ1) is 11.0. The molecule has 3 amide bonds. The van der Waals surface area contributed by atoms with Crippen molar-refractivity contribution in [2.24, 2.45) is 0 Å². The topological polar surface area (TPSA) is 79.0 Å². The van der Waals surface area contributed by atoms with Gasteiger partial charge in [0.1, 0.15) is 5.75 Å². The molecule has 1 heterocycles. The molecule has 0 aromatic heterocycles. The van der Waals surface area contributed by atoms with Crippen molar-refractivity contribution >= 4 is 23.4 Å². The minimum absolute atomic E-state index is 0.0211. The summed E-state index contributed by atoms with van der Waals surface area (Å²) in [7, 11) is 0. The van der Waals surface area contributed by atoms with Gasteiger partial charge in [-0.25, -0.2) is 0 Å². The molecule has 2 rings (SSSR count). The molecule has 1 aromatic rings. The monoisotopic (exact) mass is 319 g/mol. The van der Waals surface area contributed by atoms with Gasteiger partial charge in [0.2, 0.25) is 5.91 Å². The molecule has 1 N–H and O–H groups in total. The zero-order chi connectivity index (χ0) is 16.8. The fraction of sp³-hybridized carbons (Fsp3) is 0.438. The van der Waals surface area contributed by atoms with E-state index in [-0.39, 0.29) is 5.91 Å². The van der Waals surface area contributed by atoms with Gasteiger partial charge in [-0.3, -0.25) is 14.4 Å². The Morgan fingerprint density at radius 3 is 2.30 bits per heavy atom. The Balaban J connectivity index is 1.96.